The van der Waals surface area contributed by atoms with Gasteiger partial charge in [-0.25, -0.2) is 9.59 Å². The highest BCUT2D eigenvalue weighted by Gasteiger charge is 2.54. The first kappa shape index (κ1) is 45.0. The molecule has 0 bridgehead atoms. The average Bonchev–Trinajstić information content (AvgIpc) is 3.73. The SMILES string of the molecule is CCCCC1=CC(CCC(=O)NC(=O)NC(CS(=O)(=O)O)C(=O)NCCCCC(=O)ON2C(=O)CCC2=O)=[N+]2C1=Cc1c(CCC[N+](C)(C)C)cc(C)n1[B-]2(F)F. The maximum Gasteiger partial charge on any atom is 0.737 e. The number of aromatic nitrogens is 1. The molecule has 4 heterocycles. The van der Waals surface area contributed by atoms with Crippen LogP contribution in [0, 0.1) is 6.92 Å². The number of carbonyl (C=O) groups excluding carboxylic acids is 6. The molecule has 1 atom stereocenters. The Morgan fingerprint density at radius 1 is 1.00 bits per heavy atom. The molecule has 1 aromatic rings. The number of hydrogen-bond donors (Lipinski definition) is 4. The molecule has 0 saturated carbocycles. The van der Waals surface area contributed by atoms with Gasteiger partial charge in [-0.2, -0.15) is 8.42 Å². The summed E-state index contributed by atoms with van der Waals surface area (Å²) in [7, 11) is 1.44. The van der Waals surface area contributed by atoms with Crippen molar-refractivity contribution in [2.24, 2.45) is 0 Å². The average molecular weight is 825 g/mol. The summed E-state index contributed by atoms with van der Waals surface area (Å²) in [5, 5.41) is 6.81. The van der Waals surface area contributed by atoms with Gasteiger partial charge in [-0.15, -0.1) is 5.06 Å². The Bertz CT molecular complexity index is 1970. The Hall–Kier alpha value is -4.76. The zero-order chi connectivity index (χ0) is 42.3. The molecule has 1 fully saturated rings. The van der Waals surface area contributed by atoms with Crippen molar-refractivity contribution < 1.29 is 64.2 Å². The molecule has 4 N–H and O–H groups in total. The number of unbranched alkanes of at least 4 members (excludes halogenated alkanes) is 2. The maximum atomic E-state index is 16.6. The third-order valence-electron chi connectivity index (χ3n) is 9.73. The monoisotopic (exact) mass is 824 g/mol. The number of rotatable bonds is 20. The summed E-state index contributed by atoms with van der Waals surface area (Å²) in [5.41, 5.74) is 3.05. The van der Waals surface area contributed by atoms with E-state index in [1.54, 1.807) is 25.1 Å². The van der Waals surface area contributed by atoms with Crippen LogP contribution in [0.25, 0.3) is 6.08 Å². The van der Waals surface area contributed by atoms with Crippen LogP contribution in [0.2, 0.25) is 0 Å². The summed E-state index contributed by atoms with van der Waals surface area (Å²) in [5.74, 6) is -5.26. The van der Waals surface area contributed by atoms with Gasteiger partial charge in [0.1, 0.15) is 17.5 Å². The number of quaternary nitrogens is 1. The van der Waals surface area contributed by atoms with Crippen LogP contribution in [0.4, 0.5) is 13.4 Å². The van der Waals surface area contributed by atoms with E-state index in [-0.39, 0.29) is 50.8 Å². The van der Waals surface area contributed by atoms with Gasteiger partial charge in [0, 0.05) is 68.5 Å². The standard InChI is InChI=1S/C36H52BF2N7O10S/c1-6-7-11-26-21-27(44-30(26)22-29-25(12-10-19-46(3,4)5)20-24(2)43(29)37(44,38)39)14-15-31(47)42-36(52)41-28(23-57(53,54)55)35(51)40-18-9-8-13-34(50)56-45-32(48)16-17-33(45)49/h20-22,28H,6-19,23H2,1-5H3,(H3-,40,41,42,47,51,52,53,54,55)/p+1. The molecule has 314 valence electrons. The summed E-state index contributed by atoms with van der Waals surface area (Å²) in [4.78, 5) is 78.3. The van der Waals surface area contributed by atoms with E-state index in [2.05, 4.69) is 26.5 Å². The lowest BCUT2D eigenvalue weighted by Gasteiger charge is -2.31. The third kappa shape index (κ3) is 12.1. The maximum absolute atomic E-state index is 16.6. The van der Waals surface area contributed by atoms with Gasteiger partial charge in [0.15, 0.2) is 5.70 Å². The van der Waals surface area contributed by atoms with Gasteiger partial charge >= 0.3 is 19.0 Å². The van der Waals surface area contributed by atoms with Crippen LogP contribution in [0.1, 0.15) is 94.5 Å². The number of carbonyl (C=O) groups is 6. The van der Waals surface area contributed by atoms with Crippen molar-refractivity contribution in [1.82, 2.24) is 25.5 Å². The van der Waals surface area contributed by atoms with Crippen molar-refractivity contribution in [2.75, 3.05) is 40.0 Å². The van der Waals surface area contributed by atoms with Crippen molar-refractivity contribution in [2.45, 2.75) is 96.9 Å². The van der Waals surface area contributed by atoms with Crippen molar-refractivity contribution in [3.05, 3.63) is 40.4 Å². The number of amides is 6. The van der Waals surface area contributed by atoms with E-state index in [4.69, 9.17) is 4.84 Å². The summed E-state index contributed by atoms with van der Waals surface area (Å²) in [6.45, 7) is 0.0736. The largest absolute Gasteiger partial charge is 0.737 e. The molecule has 3 aliphatic rings. The fourth-order valence-electron chi connectivity index (χ4n) is 7.00. The molecule has 1 saturated heterocycles. The van der Waals surface area contributed by atoms with E-state index in [1.807, 2.05) is 17.6 Å². The molecule has 6 amide bonds. The Kier molecular flexibility index (Phi) is 14.7. The first-order chi connectivity index (χ1) is 26.6. The lowest BCUT2D eigenvalue weighted by Crippen LogP contribution is -2.54. The fraction of sp³-hybridized carbons (Fsp3) is 0.583. The quantitative estimate of drug-likeness (QED) is 0.0496. The molecule has 4 rings (SSSR count). The van der Waals surface area contributed by atoms with E-state index in [0.29, 0.717) is 35.0 Å². The molecular weight excluding hydrogens is 771 g/mol. The minimum absolute atomic E-state index is 0.0615. The van der Waals surface area contributed by atoms with E-state index < -0.39 is 70.9 Å². The van der Waals surface area contributed by atoms with Crippen LogP contribution < -0.4 is 16.0 Å². The van der Waals surface area contributed by atoms with Gasteiger partial charge in [-0.1, -0.05) is 13.3 Å². The minimum atomic E-state index is -4.80. The third-order valence-corrected chi connectivity index (χ3v) is 10.5. The Labute approximate surface area is 330 Å². The number of urea groups is 1. The normalized spacial score (nSPS) is 16.8. The van der Waals surface area contributed by atoms with Crippen LogP contribution >= 0.6 is 0 Å². The van der Waals surface area contributed by atoms with Gasteiger partial charge < -0.3 is 37.6 Å². The van der Waals surface area contributed by atoms with Crippen LogP contribution in [-0.2, 0) is 45.3 Å². The zero-order valence-corrected chi connectivity index (χ0v) is 33.9. The molecule has 0 aliphatic carbocycles. The number of imide groups is 2. The van der Waals surface area contributed by atoms with Gasteiger partial charge in [-0.05, 0) is 56.4 Å². The number of nitrogens with zero attached hydrogens (tertiary/aromatic N) is 4. The highest BCUT2D eigenvalue weighted by atomic mass is 32.2. The lowest BCUT2D eigenvalue weighted by atomic mass is 9.88. The van der Waals surface area contributed by atoms with Crippen molar-refractivity contribution in [1.29, 1.82) is 0 Å². The predicted molar refractivity (Wildman–Crippen MR) is 205 cm³/mol. The smallest absolute Gasteiger partial charge is 0.394 e. The van der Waals surface area contributed by atoms with Crippen LogP contribution in [0.3, 0.4) is 0 Å². The molecule has 3 aliphatic heterocycles. The van der Waals surface area contributed by atoms with E-state index in [1.165, 1.54) is 0 Å². The number of nitrogens with one attached hydrogen (secondary N) is 3. The second-order valence-corrected chi connectivity index (χ2v) is 17.0. The second kappa shape index (κ2) is 18.7. The summed E-state index contributed by atoms with van der Waals surface area (Å²) in [6, 6.07) is -1.29. The molecule has 0 radical (unpaired) electrons. The van der Waals surface area contributed by atoms with Gasteiger partial charge in [0.25, 0.3) is 21.9 Å². The molecule has 0 aromatic carbocycles. The molecule has 1 unspecified atom stereocenters. The van der Waals surface area contributed by atoms with Crippen LogP contribution in [0.5, 0.6) is 0 Å². The van der Waals surface area contributed by atoms with Crippen LogP contribution in [-0.4, -0.2) is 126 Å². The van der Waals surface area contributed by atoms with Crippen LogP contribution in [0.15, 0.2) is 23.4 Å². The number of aryl methyl sites for hydroxylation is 2. The Morgan fingerprint density at radius 2 is 1.68 bits per heavy atom. The van der Waals surface area contributed by atoms with Crippen molar-refractivity contribution in [3.8, 4) is 0 Å². The molecule has 17 nitrogen and oxygen atoms in total. The molecule has 57 heavy (non-hydrogen) atoms. The van der Waals surface area contributed by atoms with Gasteiger partial charge in [-0.3, -0.25) is 29.0 Å². The zero-order valence-electron chi connectivity index (χ0n) is 33.1. The highest BCUT2D eigenvalue weighted by molar-refractivity contribution is 7.85. The number of hydrogen-bond acceptors (Lipinski definition) is 9. The second-order valence-electron chi connectivity index (χ2n) is 15.6. The number of hydroxylamine groups is 2. The lowest BCUT2D eigenvalue weighted by molar-refractivity contribution is -0.870. The first-order valence-corrected chi connectivity index (χ1v) is 20.7. The van der Waals surface area contributed by atoms with Gasteiger partial charge in [0.2, 0.25) is 11.8 Å². The minimum Gasteiger partial charge on any atom is -0.394 e. The van der Waals surface area contributed by atoms with E-state index in [9.17, 15) is 41.7 Å². The number of allylic oxidation sites excluding steroid dienone is 2. The Morgan fingerprint density at radius 3 is 2.32 bits per heavy atom. The summed E-state index contributed by atoms with van der Waals surface area (Å²) < 4.78 is 68.6. The van der Waals surface area contributed by atoms with Crippen molar-refractivity contribution >= 4 is 64.5 Å². The molecular formula is C36H53BF2N7O10S+. The van der Waals surface area contributed by atoms with E-state index in [0.717, 1.165) is 50.4 Å². The predicted octanol–water partition coefficient (Wildman–Crippen LogP) is 2.35. The molecule has 21 heteroatoms. The highest BCUT2D eigenvalue weighted by Crippen LogP contribution is 2.39. The number of fused-ring (bicyclic) bond motifs is 2. The first-order valence-electron chi connectivity index (χ1n) is 19.1. The fourth-order valence-corrected chi connectivity index (χ4v) is 7.66. The van der Waals surface area contributed by atoms with E-state index >= 15 is 8.63 Å². The summed E-state index contributed by atoms with van der Waals surface area (Å²) in [6.07, 6.45) is 6.49. The Balaban J connectivity index is 1.36. The summed E-state index contributed by atoms with van der Waals surface area (Å²) >= 11 is 0. The van der Waals surface area contributed by atoms with Gasteiger partial charge in [0.05, 0.1) is 27.7 Å². The topological polar surface area (TPSA) is 213 Å². The molecule has 1 aromatic heterocycles. The number of halogens is 2. The van der Waals surface area contributed by atoms with Crippen molar-refractivity contribution in [3.63, 3.8) is 0 Å². The molecule has 0 spiro atoms.